The number of nitrogens with one attached hydrogen (secondary N) is 1. The summed E-state index contributed by atoms with van der Waals surface area (Å²) >= 11 is 0. The van der Waals surface area contributed by atoms with Crippen molar-refractivity contribution < 1.29 is 17.9 Å². The van der Waals surface area contributed by atoms with Crippen molar-refractivity contribution in [2.24, 2.45) is 0 Å². The molecule has 1 fully saturated rings. The predicted molar refractivity (Wildman–Crippen MR) is 104 cm³/mol. The Morgan fingerprint density at radius 2 is 1.78 bits per heavy atom. The zero-order valence-corrected chi connectivity index (χ0v) is 16.4. The van der Waals surface area contributed by atoms with E-state index in [9.17, 15) is 13.2 Å². The molecule has 0 atom stereocenters. The number of anilines is 1. The quantitative estimate of drug-likeness (QED) is 0.825. The molecule has 2 aromatic rings. The Balaban J connectivity index is 1.64. The van der Waals surface area contributed by atoms with Crippen LogP contribution in [0, 0.1) is 13.8 Å². The van der Waals surface area contributed by atoms with Crippen LogP contribution in [-0.2, 0) is 14.8 Å². The van der Waals surface area contributed by atoms with E-state index in [0.29, 0.717) is 24.4 Å². The number of carbonyl (C=O) groups excluding carboxylic acids is 1. The maximum absolute atomic E-state index is 12.6. The molecule has 27 heavy (non-hydrogen) atoms. The van der Waals surface area contributed by atoms with Gasteiger partial charge in [-0.05, 0) is 62.1 Å². The second kappa shape index (κ2) is 8.10. The van der Waals surface area contributed by atoms with E-state index in [1.807, 2.05) is 31.2 Å². The number of para-hydroxylation sites is 1. The number of hydrogen-bond donors (Lipinski definition) is 1. The van der Waals surface area contributed by atoms with Gasteiger partial charge >= 0.3 is 0 Å². The van der Waals surface area contributed by atoms with Crippen LogP contribution in [0.25, 0.3) is 0 Å². The van der Waals surface area contributed by atoms with Crippen molar-refractivity contribution in [3.8, 4) is 5.75 Å². The van der Waals surface area contributed by atoms with Crippen molar-refractivity contribution >= 4 is 21.6 Å². The Hall–Kier alpha value is -2.38. The van der Waals surface area contributed by atoms with Crippen LogP contribution < -0.4 is 10.1 Å². The molecule has 7 heteroatoms. The first-order valence-electron chi connectivity index (χ1n) is 8.97. The predicted octanol–water partition coefficient (Wildman–Crippen LogP) is 3.11. The summed E-state index contributed by atoms with van der Waals surface area (Å²) < 4.78 is 32.3. The summed E-state index contributed by atoms with van der Waals surface area (Å²) in [6.45, 7) is 4.68. The molecule has 6 nitrogen and oxygen atoms in total. The van der Waals surface area contributed by atoms with Crippen LogP contribution in [0.4, 0.5) is 5.69 Å². The lowest BCUT2D eigenvalue weighted by Crippen LogP contribution is -2.27. The van der Waals surface area contributed by atoms with Crippen molar-refractivity contribution in [3.63, 3.8) is 0 Å². The highest BCUT2D eigenvalue weighted by atomic mass is 32.2. The highest BCUT2D eigenvalue weighted by molar-refractivity contribution is 7.89. The molecule has 0 aliphatic carbocycles. The first kappa shape index (κ1) is 19.4. The highest BCUT2D eigenvalue weighted by Gasteiger charge is 2.27. The minimum Gasteiger partial charge on any atom is -0.483 e. The lowest BCUT2D eigenvalue weighted by atomic mass is 10.2. The number of rotatable bonds is 6. The fraction of sp³-hybridized carbons (Fsp3) is 0.350. The van der Waals surface area contributed by atoms with E-state index < -0.39 is 10.0 Å². The van der Waals surface area contributed by atoms with Crippen LogP contribution >= 0.6 is 0 Å². The van der Waals surface area contributed by atoms with Crippen LogP contribution in [-0.4, -0.2) is 38.3 Å². The SMILES string of the molecule is Cc1ccccc1NC(=O)COc1ccc(S(=O)(=O)N2CCCC2)cc1C. The molecule has 0 radical (unpaired) electrons. The normalized spacial score (nSPS) is 14.9. The fourth-order valence-corrected chi connectivity index (χ4v) is 4.67. The largest absolute Gasteiger partial charge is 0.483 e. The average Bonchev–Trinajstić information content (AvgIpc) is 3.18. The van der Waals surface area contributed by atoms with Crippen LogP contribution in [0.5, 0.6) is 5.75 Å². The third-order valence-corrected chi connectivity index (χ3v) is 6.52. The van der Waals surface area contributed by atoms with Gasteiger partial charge in [-0.3, -0.25) is 4.79 Å². The van der Waals surface area contributed by atoms with E-state index in [-0.39, 0.29) is 17.4 Å². The standard InChI is InChI=1S/C20H24N2O4S/c1-15-7-3-4-8-18(15)21-20(23)14-26-19-10-9-17(13-16(19)2)27(24,25)22-11-5-6-12-22/h3-4,7-10,13H,5-6,11-12,14H2,1-2H3,(H,21,23). The molecule has 2 aromatic carbocycles. The molecule has 1 saturated heterocycles. The van der Waals surface area contributed by atoms with E-state index in [1.165, 1.54) is 10.4 Å². The van der Waals surface area contributed by atoms with Crippen molar-refractivity contribution in [3.05, 3.63) is 53.6 Å². The number of hydrogen-bond acceptors (Lipinski definition) is 4. The molecule has 0 unspecified atom stereocenters. The van der Waals surface area contributed by atoms with Crippen LogP contribution in [0.3, 0.4) is 0 Å². The summed E-state index contributed by atoms with van der Waals surface area (Å²) in [6.07, 6.45) is 1.80. The Kier molecular flexibility index (Phi) is 5.82. The van der Waals surface area contributed by atoms with Gasteiger partial charge in [-0.15, -0.1) is 0 Å². The number of amides is 1. The molecule has 3 rings (SSSR count). The molecule has 0 spiro atoms. The summed E-state index contributed by atoms with van der Waals surface area (Å²) in [5, 5.41) is 2.81. The van der Waals surface area contributed by atoms with E-state index >= 15 is 0 Å². The van der Waals surface area contributed by atoms with Crippen molar-refractivity contribution in [1.29, 1.82) is 0 Å². The minimum absolute atomic E-state index is 0.145. The molecule has 144 valence electrons. The summed E-state index contributed by atoms with van der Waals surface area (Å²) in [6, 6.07) is 12.3. The lowest BCUT2D eigenvalue weighted by molar-refractivity contribution is -0.118. The van der Waals surface area contributed by atoms with Gasteiger partial charge in [-0.2, -0.15) is 4.31 Å². The van der Waals surface area contributed by atoms with E-state index in [1.54, 1.807) is 19.1 Å². The maximum atomic E-state index is 12.6. The first-order valence-corrected chi connectivity index (χ1v) is 10.4. The Morgan fingerprint density at radius 1 is 1.07 bits per heavy atom. The maximum Gasteiger partial charge on any atom is 0.262 e. The summed E-state index contributed by atoms with van der Waals surface area (Å²) in [5.74, 6) is 0.229. The third kappa shape index (κ3) is 4.48. The molecule has 1 aliphatic heterocycles. The summed E-state index contributed by atoms with van der Waals surface area (Å²) in [4.78, 5) is 12.4. The third-order valence-electron chi connectivity index (χ3n) is 4.63. The number of ether oxygens (including phenoxy) is 1. The Morgan fingerprint density at radius 3 is 2.44 bits per heavy atom. The van der Waals surface area contributed by atoms with Gasteiger partial charge in [0.15, 0.2) is 6.61 Å². The number of carbonyl (C=O) groups is 1. The average molecular weight is 388 g/mol. The van der Waals surface area contributed by atoms with Crippen molar-refractivity contribution in [2.45, 2.75) is 31.6 Å². The van der Waals surface area contributed by atoms with E-state index in [2.05, 4.69) is 5.32 Å². The van der Waals surface area contributed by atoms with E-state index in [0.717, 1.165) is 24.1 Å². The van der Waals surface area contributed by atoms with Gasteiger partial charge in [-0.25, -0.2) is 8.42 Å². The molecule has 0 aromatic heterocycles. The lowest BCUT2D eigenvalue weighted by Gasteiger charge is -2.17. The zero-order chi connectivity index (χ0) is 19.4. The second-order valence-corrected chi connectivity index (χ2v) is 8.63. The molecule has 1 amide bonds. The molecular formula is C20H24N2O4S. The van der Waals surface area contributed by atoms with Gasteiger partial charge in [0.25, 0.3) is 5.91 Å². The Labute approximate surface area is 160 Å². The first-order chi connectivity index (χ1) is 12.9. The fourth-order valence-electron chi connectivity index (χ4n) is 3.06. The van der Waals surface area contributed by atoms with Crippen LogP contribution in [0.2, 0.25) is 0 Å². The van der Waals surface area contributed by atoms with Crippen molar-refractivity contribution in [1.82, 2.24) is 4.31 Å². The molecule has 1 N–H and O–H groups in total. The van der Waals surface area contributed by atoms with Gasteiger partial charge in [0.05, 0.1) is 4.90 Å². The topological polar surface area (TPSA) is 75.7 Å². The van der Waals surface area contributed by atoms with Crippen molar-refractivity contribution in [2.75, 3.05) is 25.0 Å². The summed E-state index contributed by atoms with van der Waals surface area (Å²) in [7, 11) is -3.46. The number of sulfonamides is 1. The number of aryl methyl sites for hydroxylation is 2. The molecule has 1 heterocycles. The molecule has 0 saturated carbocycles. The second-order valence-electron chi connectivity index (χ2n) is 6.69. The van der Waals surface area contributed by atoms with Crippen LogP contribution in [0.1, 0.15) is 24.0 Å². The van der Waals surface area contributed by atoms with Gasteiger partial charge in [0.1, 0.15) is 5.75 Å². The smallest absolute Gasteiger partial charge is 0.262 e. The molecule has 1 aliphatic rings. The zero-order valence-electron chi connectivity index (χ0n) is 15.6. The monoisotopic (exact) mass is 388 g/mol. The molecule has 0 bridgehead atoms. The van der Waals surface area contributed by atoms with Crippen LogP contribution in [0.15, 0.2) is 47.4 Å². The highest BCUT2D eigenvalue weighted by Crippen LogP contribution is 2.26. The van der Waals surface area contributed by atoms with Gasteiger partial charge in [0, 0.05) is 18.8 Å². The van der Waals surface area contributed by atoms with Gasteiger partial charge < -0.3 is 10.1 Å². The van der Waals surface area contributed by atoms with Gasteiger partial charge in [0.2, 0.25) is 10.0 Å². The van der Waals surface area contributed by atoms with Gasteiger partial charge in [-0.1, -0.05) is 18.2 Å². The minimum atomic E-state index is -3.46. The summed E-state index contributed by atoms with van der Waals surface area (Å²) in [5.41, 5.74) is 2.40. The number of nitrogens with zero attached hydrogens (tertiary/aromatic N) is 1. The van der Waals surface area contributed by atoms with E-state index in [4.69, 9.17) is 4.74 Å². The molecular weight excluding hydrogens is 364 g/mol. The number of benzene rings is 2. The Bertz CT molecular complexity index is 935.